The third-order valence-corrected chi connectivity index (χ3v) is 2.41. The van der Waals surface area contributed by atoms with E-state index >= 15 is 0 Å². The third kappa shape index (κ3) is 2.29. The number of hydrogen-bond donors (Lipinski definition) is 1. The molecule has 3 heteroatoms. The van der Waals surface area contributed by atoms with Crippen LogP contribution in [0.5, 0.6) is 0 Å². The van der Waals surface area contributed by atoms with Crippen LogP contribution in [0.4, 0.5) is 0 Å². The highest BCUT2D eigenvalue weighted by atomic mass is 35.5. The molecule has 1 rings (SSSR count). The summed E-state index contributed by atoms with van der Waals surface area (Å²) in [5.41, 5.74) is 5.60. The van der Waals surface area contributed by atoms with Crippen LogP contribution < -0.4 is 5.73 Å². The molecule has 0 aromatic carbocycles. The second kappa shape index (κ2) is 3.37. The van der Waals surface area contributed by atoms with Gasteiger partial charge in [-0.1, -0.05) is 11.6 Å². The maximum atomic E-state index is 5.72. The van der Waals surface area contributed by atoms with Gasteiger partial charge in [-0.2, -0.15) is 0 Å². The Morgan fingerprint density at radius 1 is 1.70 bits per heavy atom. The van der Waals surface area contributed by atoms with E-state index in [0.717, 1.165) is 10.8 Å². The summed E-state index contributed by atoms with van der Waals surface area (Å²) in [5, 5.41) is 0. The summed E-state index contributed by atoms with van der Waals surface area (Å²) in [6, 6.07) is 4.16. The summed E-state index contributed by atoms with van der Waals surface area (Å²) < 4.78 is 0.843. The van der Waals surface area contributed by atoms with Gasteiger partial charge in [0.25, 0.3) is 0 Å². The first-order chi connectivity index (χ1) is 4.68. The fourth-order valence-electron chi connectivity index (χ4n) is 0.779. The van der Waals surface area contributed by atoms with Crippen molar-refractivity contribution in [1.29, 1.82) is 0 Å². The molecule has 0 saturated heterocycles. The number of rotatable bonds is 2. The molecule has 0 aliphatic carbocycles. The van der Waals surface area contributed by atoms with Crippen LogP contribution in [0.25, 0.3) is 0 Å². The second-order valence-electron chi connectivity index (χ2n) is 2.39. The number of nitrogens with two attached hydrogens (primary N) is 1. The maximum Gasteiger partial charge on any atom is 0.0931 e. The molecule has 1 heterocycles. The summed E-state index contributed by atoms with van der Waals surface area (Å²) in [7, 11) is 0. The molecular weight excluding hydrogens is 166 g/mol. The Bertz CT molecular complexity index is 207. The molecule has 0 radical (unpaired) electrons. The van der Waals surface area contributed by atoms with E-state index in [9.17, 15) is 0 Å². The predicted octanol–water partition coefficient (Wildman–Crippen LogP) is 2.29. The molecule has 0 amide bonds. The largest absolute Gasteiger partial charge is 0.328 e. The van der Waals surface area contributed by atoms with E-state index in [-0.39, 0.29) is 6.04 Å². The molecule has 0 fully saturated rings. The van der Waals surface area contributed by atoms with Crippen molar-refractivity contribution < 1.29 is 0 Å². The van der Waals surface area contributed by atoms with Gasteiger partial charge in [-0.25, -0.2) is 0 Å². The van der Waals surface area contributed by atoms with Crippen molar-refractivity contribution in [1.82, 2.24) is 0 Å². The molecule has 2 N–H and O–H groups in total. The lowest BCUT2D eigenvalue weighted by atomic mass is 10.2. The molecule has 0 aliphatic heterocycles. The maximum absolute atomic E-state index is 5.72. The molecule has 0 spiro atoms. The fourth-order valence-corrected chi connectivity index (χ4v) is 2.01. The monoisotopic (exact) mass is 175 g/mol. The topological polar surface area (TPSA) is 26.0 Å². The van der Waals surface area contributed by atoms with E-state index in [4.69, 9.17) is 17.3 Å². The first kappa shape index (κ1) is 8.05. The molecular formula is C7H10ClNS. The lowest BCUT2D eigenvalue weighted by Crippen LogP contribution is -2.16. The minimum atomic E-state index is 0.231. The first-order valence-electron chi connectivity index (χ1n) is 3.18. The highest BCUT2D eigenvalue weighted by molar-refractivity contribution is 7.16. The zero-order valence-corrected chi connectivity index (χ0v) is 7.38. The molecule has 1 aromatic rings. The van der Waals surface area contributed by atoms with Crippen LogP contribution in [-0.4, -0.2) is 6.04 Å². The van der Waals surface area contributed by atoms with Crippen molar-refractivity contribution in [2.75, 3.05) is 0 Å². The minimum Gasteiger partial charge on any atom is -0.328 e. The van der Waals surface area contributed by atoms with Gasteiger partial charge in [-0.05, 0) is 25.5 Å². The highest BCUT2D eigenvalue weighted by Gasteiger charge is 1.99. The highest BCUT2D eigenvalue weighted by Crippen LogP contribution is 2.21. The zero-order valence-electron chi connectivity index (χ0n) is 5.80. The van der Waals surface area contributed by atoms with Crippen LogP contribution in [-0.2, 0) is 6.42 Å². The van der Waals surface area contributed by atoms with Crippen LogP contribution in [0.2, 0.25) is 4.34 Å². The second-order valence-corrected chi connectivity index (χ2v) is 4.19. The summed E-state index contributed by atoms with van der Waals surface area (Å²) >= 11 is 7.32. The molecule has 56 valence electrons. The molecule has 0 aliphatic rings. The van der Waals surface area contributed by atoms with Gasteiger partial charge in [-0.3, -0.25) is 0 Å². The SMILES string of the molecule is C[C@H](N)Cc1ccc(Cl)s1. The molecule has 1 atom stereocenters. The average molecular weight is 176 g/mol. The average Bonchev–Trinajstić information content (AvgIpc) is 2.13. The Hall–Kier alpha value is -0.0500. The van der Waals surface area contributed by atoms with Gasteiger partial charge >= 0.3 is 0 Å². The van der Waals surface area contributed by atoms with E-state index in [1.54, 1.807) is 11.3 Å². The van der Waals surface area contributed by atoms with Gasteiger partial charge in [0.05, 0.1) is 4.34 Å². The Balaban J connectivity index is 2.58. The van der Waals surface area contributed by atoms with Crippen molar-refractivity contribution in [3.63, 3.8) is 0 Å². The third-order valence-electron chi connectivity index (χ3n) is 1.15. The van der Waals surface area contributed by atoms with Crippen molar-refractivity contribution in [3.8, 4) is 0 Å². The molecule has 0 saturated carbocycles. The summed E-state index contributed by atoms with van der Waals surface area (Å²) in [6.07, 6.45) is 0.928. The van der Waals surface area contributed by atoms with Gasteiger partial charge in [0.2, 0.25) is 0 Å². The first-order valence-corrected chi connectivity index (χ1v) is 4.37. The van der Waals surface area contributed by atoms with Gasteiger partial charge in [-0.15, -0.1) is 11.3 Å². The van der Waals surface area contributed by atoms with E-state index in [1.807, 2.05) is 19.1 Å². The van der Waals surface area contributed by atoms with E-state index in [1.165, 1.54) is 4.88 Å². The van der Waals surface area contributed by atoms with Gasteiger partial charge in [0.1, 0.15) is 0 Å². The predicted molar refractivity (Wildman–Crippen MR) is 46.7 cm³/mol. The molecule has 1 aromatic heterocycles. The molecule has 1 nitrogen and oxygen atoms in total. The van der Waals surface area contributed by atoms with Gasteiger partial charge in [0, 0.05) is 10.9 Å². The molecule has 10 heavy (non-hydrogen) atoms. The summed E-state index contributed by atoms with van der Waals surface area (Å²) in [5.74, 6) is 0. The van der Waals surface area contributed by atoms with Crippen LogP contribution in [0.15, 0.2) is 12.1 Å². The van der Waals surface area contributed by atoms with Gasteiger partial charge in [0.15, 0.2) is 0 Å². The molecule has 0 unspecified atom stereocenters. The van der Waals surface area contributed by atoms with E-state index < -0.39 is 0 Å². The van der Waals surface area contributed by atoms with Crippen LogP contribution in [0, 0.1) is 0 Å². The smallest absolute Gasteiger partial charge is 0.0931 e. The normalized spacial score (nSPS) is 13.5. The number of hydrogen-bond acceptors (Lipinski definition) is 2. The van der Waals surface area contributed by atoms with Crippen LogP contribution >= 0.6 is 22.9 Å². The lowest BCUT2D eigenvalue weighted by Gasteiger charge is -1.99. The summed E-state index contributed by atoms with van der Waals surface area (Å²) in [4.78, 5) is 1.26. The Kier molecular flexibility index (Phi) is 2.72. The standard InChI is InChI=1S/C7H10ClNS/c1-5(9)4-6-2-3-7(8)10-6/h2-3,5H,4,9H2,1H3/t5-/m0/s1. The Labute approximate surface area is 69.8 Å². The summed E-state index contributed by atoms with van der Waals surface area (Å²) in [6.45, 7) is 1.99. The van der Waals surface area contributed by atoms with Gasteiger partial charge < -0.3 is 5.73 Å². The fraction of sp³-hybridized carbons (Fsp3) is 0.429. The lowest BCUT2D eigenvalue weighted by molar-refractivity contribution is 0.746. The van der Waals surface area contributed by atoms with Crippen molar-refractivity contribution in [2.24, 2.45) is 5.73 Å². The minimum absolute atomic E-state index is 0.231. The Morgan fingerprint density at radius 2 is 2.40 bits per heavy atom. The van der Waals surface area contributed by atoms with Crippen LogP contribution in [0.1, 0.15) is 11.8 Å². The number of halogens is 1. The van der Waals surface area contributed by atoms with Crippen molar-refractivity contribution in [2.45, 2.75) is 19.4 Å². The Morgan fingerprint density at radius 3 is 2.80 bits per heavy atom. The van der Waals surface area contributed by atoms with Crippen molar-refractivity contribution >= 4 is 22.9 Å². The van der Waals surface area contributed by atoms with Crippen LogP contribution in [0.3, 0.4) is 0 Å². The molecule has 0 bridgehead atoms. The van der Waals surface area contributed by atoms with E-state index in [0.29, 0.717) is 0 Å². The zero-order chi connectivity index (χ0) is 7.56. The van der Waals surface area contributed by atoms with E-state index in [2.05, 4.69) is 0 Å². The van der Waals surface area contributed by atoms with Crippen molar-refractivity contribution in [3.05, 3.63) is 21.3 Å². The number of thiophene rings is 1. The quantitative estimate of drug-likeness (QED) is 0.734.